The van der Waals surface area contributed by atoms with Gasteiger partial charge in [-0.25, -0.2) is 8.78 Å². The SMILES string of the molecule is Cc1nnc2c3[nH]c(C(=O)NCC(F)F)cc3c(Br)cn12. The van der Waals surface area contributed by atoms with Crippen molar-refractivity contribution >= 4 is 38.4 Å². The van der Waals surface area contributed by atoms with Gasteiger partial charge in [-0.2, -0.15) is 0 Å². The molecule has 21 heavy (non-hydrogen) atoms. The summed E-state index contributed by atoms with van der Waals surface area (Å²) in [5.74, 6) is 0.110. The summed E-state index contributed by atoms with van der Waals surface area (Å²) >= 11 is 3.41. The molecule has 0 aliphatic carbocycles. The third kappa shape index (κ3) is 2.37. The maximum atomic E-state index is 12.1. The van der Waals surface area contributed by atoms with E-state index in [4.69, 9.17) is 0 Å². The van der Waals surface area contributed by atoms with Crippen LogP contribution >= 0.6 is 15.9 Å². The lowest BCUT2D eigenvalue weighted by Crippen LogP contribution is -2.28. The third-order valence-electron chi connectivity index (χ3n) is 3.07. The first-order chi connectivity index (χ1) is 9.97. The van der Waals surface area contributed by atoms with Crippen molar-refractivity contribution in [2.24, 2.45) is 0 Å². The maximum Gasteiger partial charge on any atom is 0.267 e. The molecule has 0 bridgehead atoms. The molecule has 0 aromatic carbocycles. The summed E-state index contributed by atoms with van der Waals surface area (Å²) < 4.78 is 26.8. The minimum atomic E-state index is -2.59. The molecular weight excluding hydrogens is 348 g/mol. The molecule has 6 nitrogen and oxygen atoms in total. The van der Waals surface area contributed by atoms with Crippen LogP contribution in [-0.4, -0.2) is 38.5 Å². The smallest absolute Gasteiger partial charge is 0.267 e. The highest BCUT2D eigenvalue weighted by molar-refractivity contribution is 9.10. The van der Waals surface area contributed by atoms with Crippen molar-refractivity contribution in [3.63, 3.8) is 0 Å². The van der Waals surface area contributed by atoms with Gasteiger partial charge in [0.1, 0.15) is 11.5 Å². The number of pyridine rings is 1. The second-order valence-corrected chi connectivity index (χ2v) is 5.34. The van der Waals surface area contributed by atoms with E-state index in [9.17, 15) is 13.6 Å². The third-order valence-corrected chi connectivity index (χ3v) is 3.70. The Labute approximate surface area is 125 Å². The number of aryl methyl sites for hydroxylation is 1. The molecular formula is C12H10BrF2N5O. The van der Waals surface area contributed by atoms with Crippen LogP contribution in [0.1, 0.15) is 16.3 Å². The summed E-state index contributed by atoms with van der Waals surface area (Å²) in [6, 6.07) is 1.59. The highest BCUT2D eigenvalue weighted by Gasteiger charge is 2.16. The molecule has 0 atom stereocenters. The number of halogens is 3. The van der Waals surface area contributed by atoms with Gasteiger partial charge >= 0.3 is 0 Å². The van der Waals surface area contributed by atoms with Crippen LogP contribution in [0, 0.1) is 6.92 Å². The lowest BCUT2D eigenvalue weighted by Gasteiger charge is -2.01. The van der Waals surface area contributed by atoms with Gasteiger partial charge in [0.15, 0.2) is 5.65 Å². The first-order valence-corrected chi connectivity index (χ1v) is 6.85. The first kappa shape index (κ1) is 13.9. The molecule has 0 spiro atoms. The van der Waals surface area contributed by atoms with E-state index in [0.717, 1.165) is 9.86 Å². The summed E-state index contributed by atoms with van der Waals surface area (Å²) in [6.45, 7) is 1.12. The standard InChI is InChI=1S/C12H10BrF2N5O/c1-5-18-19-11-10-6(7(13)4-20(5)11)2-8(17-10)12(21)16-3-9(14)15/h2,4,9,17H,3H2,1H3,(H,16,21). The molecule has 2 N–H and O–H groups in total. The van der Waals surface area contributed by atoms with Crippen LogP contribution in [0.15, 0.2) is 16.7 Å². The molecule has 0 aliphatic rings. The van der Waals surface area contributed by atoms with Gasteiger partial charge in [-0.05, 0) is 28.9 Å². The predicted molar refractivity (Wildman–Crippen MR) is 75.6 cm³/mol. The van der Waals surface area contributed by atoms with Crippen LogP contribution in [-0.2, 0) is 0 Å². The van der Waals surface area contributed by atoms with Gasteiger partial charge in [0, 0.05) is 16.1 Å². The van der Waals surface area contributed by atoms with Crippen molar-refractivity contribution in [1.29, 1.82) is 0 Å². The van der Waals surface area contributed by atoms with Gasteiger partial charge < -0.3 is 10.3 Å². The van der Waals surface area contributed by atoms with E-state index in [1.165, 1.54) is 0 Å². The van der Waals surface area contributed by atoms with Crippen molar-refractivity contribution < 1.29 is 13.6 Å². The molecule has 0 unspecified atom stereocenters. The molecule has 3 aromatic heterocycles. The lowest BCUT2D eigenvalue weighted by molar-refractivity contribution is 0.0888. The molecule has 3 rings (SSSR count). The molecule has 9 heteroatoms. The number of alkyl halides is 2. The van der Waals surface area contributed by atoms with E-state index in [1.807, 2.05) is 0 Å². The fourth-order valence-corrected chi connectivity index (χ4v) is 2.60. The van der Waals surface area contributed by atoms with Gasteiger partial charge in [-0.1, -0.05) is 0 Å². The fourth-order valence-electron chi connectivity index (χ4n) is 2.08. The first-order valence-electron chi connectivity index (χ1n) is 6.06. The molecule has 0 aliphatic heterocycles. The van der Waals surface area contributed by atoms with E-state index in [0.29, 0.717) is 17.0 Å². The topological polar surface area (TPSA) is 75.1 Å². The molecule has 0 radical (unpaired) electrons. The second-order valence-electron chi connectivity index (χ2n) is 4.49. The Hall–Kier alpha value is -2.03. The van der Waals surface area contributed by atoms with Crippen molar-refractivity contribution in [3.8, 4) is 0 Å². The predicted octanol–water partition coefficient (Wildman–Crippen LogP) is 2.28. The Balaban J connectivity index is 2.09. The Morgan fingerprint density at radius 2 is 2.29 bits per heavy atom. The highest BCUT2D eigenvalue weighted by Crippen LogP contribution is 2.27. The number of hydrogen-bond acceptors (Lipinski definition) is 3. The fraction of sp³-hybridized carbons (Fsp3) is 0.250. The molecule has 0 saturated carbocycles. The van der Waals surface area contributed by atoms with Crippen LogP contribution in [0.5, 0.6) is 0 Å². The maximum absolute atomic E-state index is 12.1. The average Bonchev–Trinajstić information content (AvgIpc) is 3.01. The van der Waals surface area contributed by atoms with E-state index >= 15 is 0 Å². The summed E-state index contributed by atoms with van der Waals surface area (Å²) in [5, 5.41) is 10.9. The van der Waals surface area contributed by atoms with Gasteiger partial charge in [-0.3, -0.25) is 9.20 Å². The van der Waals surface area contributed by atoms with E-state index in [-0.39, 0.29) is 5.69 Å². The number of aromatic nitrogens is 4. The van der Waals surface area contributed by atoms with Crippen molar-refractivity contribution in [2.75, 3.05) is 6.54 Å². The number of carbonyl (C=O) groups excluding carboxylic acids is 1. The minimum absolute atomic E-state index is 0.195. The van der Waals surface area contributed by atoms with E-state index in [1.54, 1.807) is 23.6 Å². The second kappa shape index (κ2) is 5.06. The average molecular weight is 358 g/mol. The zero-order valence-electron chi connectivity index (χ0n) is 10.8. The van der Waals surface area contributed by atoms with Crippen LogP contribution < -0.4 is 5.32 Å². The summed E-state index contributed by atoms with van der Waals surface area (Å²) in [6.07, 6.45) is -0.794. The number of rotatable bonds is 3. The Morgan fingerprint density at radius 3 is 3.00 bits per heavy atom. The Bertz CT molecular complexity index is 841. The van der Waals surface area contributed by atoms with Gasteiger partial charge in [0.2, 0.25) is 0 Å². The number of nitrogens with zero attached hydrogens (tertiary/aromatic N) is 3. The van der Waals surface area contributed by atoms with E-state index in [2.05, 4.69) is 36.4 Å². The van der Waals surface area contributed by atoms with Crippen molar-refractivity contribution in [3.05, 3.63) is 28.3 Å². The Kier molecular flexibility index (Phi) is 3.36. The lowest BCUT2D eigenvalue weighted by atomic mass is 10.3. The molecule has 1 amide bonds. The zero-order chi connectivity index (χ0) is 15.1. The Morgan fingerprint density at radius 1 is 1.52 bits per heavy atom. The van der Waals surface area contributed by atoms with E-state index < -0.39 is 18.9 Å². The molecule has 110 valence electrons. The summed E-state index contributed by atoms with van der Waals surface area (Å²) in [4.78, 5) is 14.7. The highest BCUT2D eigenvalue weighted by atomic mass is 79.9. The molecule has 3 aromatic rings. The number of amides is 1. The van der Waals surface area contributed by atoms with Crippen LogP contribution in [0.4, 0.5) is 8.78 Å². The minimum Gasteiger partial charge on any atom is -0.347 e. The number of nitrogens with one attached hydrogen (secondary N) is 2. The van der Waals surface area contributed by atoms with Crippen LogP contribution in [0.2, 0.25) is 0 Å². The number of aromatic amines is 1. The van der Waals surface area contributed by atoms with Crippen LogP contribution in [0.3, 0.4) is 0 Å². The quantitative estimate of drug-likeness (QED) is 0.754. The molecule has 0 saturated heterocycles. The van der Waals surface area contributed by atoms with Crippen LogP contribution in [0.25, 0.3) is 16.6 Å². The molecule has 0 fully saturated rings. The van der Waals surface area contributed by atoms with Crippen molar-refractivity contribution in [1.82, 2.24) is 24.9 Å². The summed E-state index contributed by atoms with van der Waals surface area (Å²) in [5.41, 5.74) is 1.38. The van der Waals surface area contributed by atoms with Gasteiger partial charge in [0.25, 0.3) is 12.3 Å². The monoisotopic (exact) mass is 357 g/mol. The number of hydrogen-bond donors (Lipinski definition) is 2. The number of H-pyrrole nitrogens is 1. The molecule has 3 heterocycles. The number of carbonyl (C=O) groups is 1. The van der Waals surface area contributed by atoms with Gasteiger partial charge in [-0.15, -0.1) is 10.2 Å². The number of fused-ring (bicyclic) bond motifs is 3. The van der Waals surface area contributed by atoms with Crippen molar-refractivity contribution in [2.45, 2.75) is 13.3 Å². The van der Waals surface area contributed by atoms with Gasteiger partial charge in [0.05, 0.1) is 12.1 Å². The largest absolute Gasteiger partial charge is 0.347 e. The zero-order valence-corrected chi connectivity index (χ0v) is 12.4. The summed E-state index contributed by atoms with van der Waals surface area (Å²) in [7, 11) is 0. The normalized spacial score (nSPS) is 11.7.